The van der Waals surface area contributed by atoms with Gasteiger partial charge in [-0.2, -0.15) is 10.2 Å². The van der Waals surface area contributed by atoms with E-state index in [1.54, 1.807) is 23.5 Å². The zero-order valence-electron chi connectivity index (χ0n) is 36.6. The Labute approximate surface area is 383 Å². The molecule has 18 nitrogen and oxygen atoms in total. The predicted octanol–water partition coefficient (Wildman–Crippen LogP) is 0.669. The molecule has 2 aromatic heterocycles. The number of hydrogen-bond donors (Lipinski definition) is 3. The van der Waals surface area contributed by atoms with E-state index in [4.69, 9.17) is 19.9 Å². The molecular weight excluding hydrogens is 847 g/mol. The second-order valence-electron chi connectivity index (χ2n) is 17.3. The number of likely N-dealkylation sites (tertiary alicyclic amines) is 2. The number of ether oxygens (including phenoxy) is 3. The molecule has 0 radical (unpaired) electrons. The van der Waals surface area contributed by atoms with Crippen molar-refractivity contribution in [2.24, 2.45) is 5.73 Å². The Bertz CT molecular complexity index is 2700. The maximum absolute atomic E-state index is 12.5. The van der Waals surface area contributed by atoms with Gasteiger partial charge in [0.05, 0.1) is 68.4 Å². The van der Waals surface area contributed by atoms with Crippen molar-refractivity contribution in [3.63, 3.8) is 0 Å². The molecule has 3 amide bonds. The molecule has 4 fully saturated rings. The zero-order valence-corrected chi connectivity index (χ0v) is 36.6. The molecule has 0 unspecified atom stereocenters. The molecule has 10 rings (SSSR count). The number of primary amides is 1. The maximum Gasteiger partial charge on any atom is 0.358 e. The molecule has 4 saturated heterocycles. The summed E-state index contributed by atoms with van der Waals surface area (Å²) in [7, 11) is 4.66. The van der Waals surface area contributed by atoms with Crippen molar-refractivity contribution in [1.82, 2.24) is 39.2 Å². The van der Waals surface area contributed by atoms with Crippen LogP contribution >= 0.6 is 0 Å². The van der Waals surface area contributed by atoms with Crippen LogP contribution in [-0.2, 0) is 49.7 Å². The van der Waals surface area contributed by atoms with Crippen molar-refractivity contribution in [1.29, 1.82) is 0 Å². The third kappa shape index (κ3) is 8.71. The molecule has 2 atom stereocenters. The van der Waals surface area contributed by atoms with Crippen molar-refractivity contribution in [2.75, 3.05) is 73.8 Å². The molecule has 0 spiro atoms. The molecule has 6 aliphatic heterocycles. The van der Waals surface area contributed by atoms with E-state index in [9.17, 15) is 29.4 Å². The summed E-state index contributed by atoms with van der Waals surface area (Å²) in [6, 6.07) is 15.5. The van der Waals surface area contributed by atoms with Crippen LogP contribution in [0.15, 0.2) is 48.5 Å². The van der Waals surface area contributed by atoms with E-state index in [2.05, 4.69) is 43.7 Å². The number of nitrogens with zero attached hydrogens (tertiary/aromatic N) is 8. The van der Waals surface area contributed by atoms with Crippen LogP contribution in [0.1, 0.15) is 74.9 Å². The Morgan fingerprint density at radius 2 is 1.17 bits per heavy atom. The van der Waals surface area contributed by atoms with E-state index in [0.717, 1.165) is 59.8 Å². The summed E-state index contributed by atoms with van der Waals surface area (Å²) >= 11 is 0. The van der Waals surface area contributed by atoms with Crippen LogP contribution in [0.4, 0.5) is 0 Å². The first-order valence-electron chi connectivity index (χ1n) is 21.7. The fourth-order valence-corrected chi connectivity index (χ4v) is 8.98. The summed E-state index contributed by atoms with van der Waals surface area (Å²) in [5.74, 6) is 9.60. The normalized spacial score (nSPS) is 22.9. The number of methoxy groups -OCH3 is 1. The summed E-state index contributed by atoms with van der Waals surface area (Å²) in [5, 5.41) is 30.3. The average molecular weight is 902 g/mol. The fraction of sp³-hybridized carbons (Fsp3) is 0.458. The Balaban J connectivity index is 0.000000177. The van der Waals surface area contributed by atoms with Crippen LogP contribution < -0.4 is 5.73 Å². The number of carbonyl (C=O) groups excluding carboxylic acids is 4. The Morgan fingerprint density at radius 1 is 0.727 bits per heavy atom. The minimum absolute atomic E-state index is 0. The van der Waals surface area contributed by atoms with E-state index in [1.807, 2.05) is 48.5 Å². The molecular formula is C48H55N9O9. The van der Waals surface area contributed by atoms with Gasteiger partial charge in [0.15, 0.2) is 11.4 Å². The highest BCUT2D eigenvalue weighted by molar-refractivity contribution is 5.93. The van der Waals surface area contributed by atoms with Crippen molar-refractivity contribution in [3.05, 3.63) is 93.6 Å². The molecule has 0 aliphatic carbocycles. The van der Waals surface area contributed by atoms with Crippen LogP contribution in [0.5, 0.6) is 0 Å². The second-order valence-corrected chi connectivity index (χ2v) is 17.3. The van der Waals surface area contributed by atoms with Crippen molar-refractivity contribution >= 4 is 23.7 Å². The first-order chi connectivity index (χ1) is 31.2. The summed E-state index contributed by atoms with van der Waals surface area (Å²) in [6.45, 7) is 6.74. The van der Waals surface area contributed by atoms with Crippen LogP contribution in [0, 0.1) is 23.7 Å². The number of aliphatic hydroxyl groups is 2. The minimum atomic E-state index is -1.65. The predicted molar refractivity (Wildman–Crippen MR) is 239 cm³/mol. The lowest BCUT2D eigenvalue weighted by Gasteiger charge is -2.39. The van der Waals surface area contributed by atoms with Crippen molar-refractivity contribution in [2.45, 2.75) is 69.5 Å². The van der Waals surface area contributed by atoms with Gasteiger partial charge in [-0.15, -0.1) is 0 Å². The van der Waals surface area contributed by atoms with E-state index >= 15 is 0 Å². The first-order valence-corrected chi connectivity index (χ1v) is 21.7. The van der Waals surface area contributed by atoms with Gasteiger partial charge in [0, 0.05) is 101 Å². The van der Waals surface area contributed by atoms with Gasteiger partial charge in [-0.1, -0.05) is 43.2 Å². The highest BCUT2D eigenvalue weighted by atomic mass is 16.5. The lowest BCUT2D eigenvalue weighted by atomic mass is 10.0. The van der Waals surface area contributed by atoms with Gasteiger partial charge in [0.25, 0.3) is 17.7 Å². The number of aromatic nitrogens is 4. The number of carbonyl (C=O) groups is 4. The molecule has 0 bridgehead atoms. The number of amides is 3. The molecule has 0 saturated carbocycles. The molecule has 8 heterocycles. The van der Waals surface area contributed by atoms with Crippen LogP contribution in [0.2, 0.25) is 0 Å². The molecule has 2 aromatic carbocycles. The van der Waals surface area contributed by atoms with Crippen molar-refractivity contribution < 1.29 is 43.6 Å². The largest absolute Gasteiger partial charge is 0.464 e. The third-order valence-electron chi connectivity index (χ3n) is 13.1. The van der Waals surface area contributed by atoms with E-state index in [0.29, 0.717) is 81.5 Å². The molecule has 346 valence electrons. The number of likely N-dealkylation sites (N-methyl/N-ethyl adjacent to an activating group) is 2. The quantitative estimate of drug-likeness (QED) is 0.180. The molecule has 18 heteroatoms. The number of benzene rings is 2. The lowest BCUT2D eigenvalue weighted by molar-refractivity contribution is -0.138. The molecule has 6 aliphatic rings. The van der Waals surface area contributed by atoms with Gasteiger partial charge < -0.3 is 40.0 Å². The van der Waals surface area contributed by atoms with E-state index in [1.165, 1.54) is 16.9 Å². The average Bonchev–Trinajstić information content (AvgIpc) is 4.00. The second kappa shape index (κ2) is 18.5. The van der Waals surface area contributed by atoms with Crippen LogP contribution in [-0.4, -0.2) is 170 Å². The van der Waals surface area contributed by atoms with Crippen molar-refractivity contribution in [3.8, 4) is 35.1 Å². The highest BCUT2D eigenvalue weighted by Crippen LogP contribution is 2.31. The van der Waals surface area contributed by atoms with Crippen LogP contribution in [0.25, 0.3) is 11.4 Å². The lowest BCUT2D eigenvalue weighted by Crippen LogP contribution is -2.50. The number of esters is 1. The van der Waals surface area contributed by atoms with Gasteiger partial charge >= 0.3 is 5.97 Å². The summed E-state index contributed by atoms with van der Waals surface area (Å²) in [4.78, 5) is 56.5. The number of rotatable bonds is 6. The first kappa shape index (κ1) is 46.2. The zero-order chi connectivity index (χ0) is 45.6. The standard InChI is InChI=1S/C24H26N4O5.C23H25N5O4.CH4/c1-26-11-9-24(31,23(26)30)8-6-16-4-3-5-17(12-16)28-20-7-10-27(18-14-33-15-18)13-19(20)21(25-28)22(29)32-2;1-26-10-8-23(31,22(26)30)7-5-15-3-2-4-16(11-15)28-19-6-9-27(17-13-32-14-17)12-18(19)20(25-28)21(24)29;/h3-5,12,18,31H,7,9-11,13-15H2,1-2H3;2-4,11,17,31H,6,8-10,12-14H2,1H3,(H2,24,29);1H4/t24-;23-;/m00./s1. The highest BCUT2D eigenvalue weighted by Gasteiger charge is 2.43. The number of nitrogens with two attached hydrogens (primary N) is 1. The van der Waals surface area contributed by atoms with Gasteiger partial charge in [-0.05, 0) is 36.4 Å². The van der Waals surface area contributed by atoms with Gasteiger partial charge in [0.1, 0.15) is 0 Å². The maximum atomic E-state index is 12.5. The summed E-state index contributed by atoms with van der Waals surface area (Å²) in [6.07, 6.45) is 2.05. The molecule has 66 heavy (non-hydrogen) atoms. The topological polar surface area (TPSA) is 211 Å². The minimum Gasteiger partial charge on any atom is -0.464 e. The summed E-state index contributed by atoms with van der Waals surface area (Å²) < 4.78 is 19.2. The Hall–Kier alpha value is -6.38. The summed E-state index contributed by atoms with van der Waals surface area (Å²) in [5.41, 5.74) is 9.44. The fourth-order valence-electron chi connectivity index (χ4n) is 8.98. The monoisotopic (exact) mass is 901 g/mol. The van der Waals surface area contributed by atoms with Gasteiger partial charge in [-0.25, -0.2) is 14.2 Å². The van der Waals surface area contributed by atoms with Gasteiger partial charge in [0.2, 0.25) is 11.2 Å². The van der Waals surface area contributed by atoms with E-state index < -0.39 is 23.1 Å². The smallest absolute Gasteiger partial charge is 0.358 e. The molecule has 4 aromatic rings. The molecule has 4 N–H and O–H groups in total. The third-order valence-corrected chi connectivity index (χ3v) is 13.1. The number of fused-ring (bicyclic) bond motifs is 2. The Morgan fingerprint density at radius 3 is 1.55 bits per heavy atom. The number of hydrogen-bond acceptors (Lipinski definition) is 13. The van der Waals surface area contributed by atoms with Gasteiger partial charge in [-0.3, -0.25) is 24.2 Å². The Kier molecular flexibility index (Phi) is 12.9. The van der Waals surface area contributed by atoms with E-state index in [-0.39, 0.29) is 37.8 Å². The SMILES string of the molecule is C.CN1CC[C@@](O)(C#Cc2cccc(-n3nc(C(N)=O)c4c3CCN(C3COC3)C4)c2)C1=O.COC(=O)c1nn(-c2cccc(C#C[C@]3(O)CCN(C)C3=O)c2)c2c1CN(C1COC1)CC2. The van der Waals surface area contributed by atoms with Crippen LogP contribution in [0.3, 0.4) is 0 Å².